The lowest BCUT2D eigenvalue weighted by atomic mass is 10.1. The smallest absolute Gasteiger partial charge is 0.323 e. The molecule has 1 aromatic heterocycles. The Balaban J connectivity index is 2.33. The highest BCUT2D eigenvalue weighted by Crippen LogP contribution is 2.12. The van der Waals surface area contributed by atoms with Gasteiger partial charge in [-0.25, -0.2) is 4.39 Å². The average molecular weight is 346 g/mol. The molecule has 132 valence electrons. The molecule has 0 radical (unpaired) electrons. The molecule has 0 bridgehead atoms. The quantitative estimate of drug-likeness (QED) is 0.869. The van der Waals surface area contributed by atoms with Gasteiger partial charge < -0.3 is 14.6 Å². The molecule has 0 aliphatic rings. The number of pyridine rings is 1. The maximum atomic E-state index is 13.0. The Morgan fingerprint density at radius 1 is 1.20 bits per heavy atom. The minimum absolute atomic E-state index is 0.0976. The maximum Gasteiger partial charge on any atom is 0.323 e. The fraction of sp³-hybridized carbons (Fsp3) is 0.278. The molecule has 1 aromatic carbocycles. The number of amides is 1. The van der Waals surface area contributed by atoms with E-state index in [0.29, 0.717) is 0 Å². The second-order valence-electron chi connectivity index (χ2n) is 5.90. The van der Waals surface area contributed by atoms with Gasteiger partial charge in [-0.15, -0.1) is 0 Å². The average Bonchev–Trinajstić information content (AvgIpc) is 2.55. The lowest BCUT2D eigenvalue weighted by molar-refractivity contribution is -0.137. The first-order valence-electron chi connectivity index (χ1n) is 7.76. The fourth-order valence-electron chi connectivity index (χ4n) is 2.40. The zero-order valence-corrected chi connectivity index (χ0v) is 14.0. The number of halogens is 1. The summed E-state index contributed by atoms with van der Waals surface area (Å²) in [5, 5.41) is 8.85. The third-order valence-electron chi connectivity index (χ3n) is 3.71. The first kappa shape index (κ1) is 18.4. The maximum absolute atomic E-state index is 13.0. The van der Waals surface area contributed by atoms with Crippen molar-refractivity contribution in [1.29, 1.82) is 0 Å². The summed E-state index contributed by atoms with van der Waals surface area (Å²) in [6, 6.07) is 8.40. The largest absolute Gasteiger partial charge is 0.480 e. The van der Waals surface area contributed by atoms with Gasteiger partial charge in [0.05, 0.1) is 0 Å². The number of carboxylic acids is 1. The van der Waals surface area contributed by atoms with E-state index in [4.69, 9.17) is 5.11 Å². The van der Waals surface area contributed by atoms with Gasteiger partial charge >= 0.3 is 5.97 Å². The van der Waals surface area contributed by atoms with E-state index in [2.05, 4.69) is 0 Å². The standard InChI is InChI=1S/C18H19FN2O4/c1-12(2)21(10-13-5-7-14(19)8-6-13)18(25)15-4-3-9-20(17(15)24)11-16(22)23/h3-9,12H,10-11H2,1-2H3,(H,22,23). The Bertz CT molecular complexity index is 828. The topological polar surface area (TPSA) is 79.6 Å². The third-order valence-corrected chi connectivity index (χ3v) is 3.71. The third kappa shape index (κ3) is 4.53. The first-order valence-corrected chi connectivity index (χ1v) is 7.76. The number of nitrogens with zero attached hydrogens (tertiary/aromatic N) is 2. The number of carbonyl (C=O) groups excluding carboxylic acids is 1. The summed E-state index contributed by atoms with van der Waals surface area (Å²) < 4.78 is 14.0. The summed E-state index contributed by atoms with van der Waals surface area (Å²) in [7, 11) is 0. The summed E-state index contributed by atoms with van der Waals surface area (Å²) in [6.07, 6.45) is 1.33. The molecule has 1 heterocycles. The first-order chi connectivity index (χ1) is 11.8. The minimum atomic E-state index is -1.17. The number of hydrogen-bond acceptors (Lipinski definition) is 3. The van der Waals surface area contributed by atoms with Crippen molar-refractivity contribution in [3.05, 3.63) is 69.9 Å². The van der Waals surface area contributed by atoms with E-state index in [1.54, 1.807) is 26.0 Å². The SMILES string of the molecule is CC(C)N(Cc1ccc(F)cc1)C(=O)c1cccn(CC(=O)O)c1=O. The Labute approximate surface area is 144 Å². The summed E-state index contributed by atoms with van der Waals surface area (Å²) in [6.45, 7) is 3.31. The fourth-order valence-corrected chi connectivity index (χ4v) is 2.40. The zero-order chi connectivity index (χ0) is 18.6. The Morgan fingerprint density at radius 3 is 2.40 bits per heavy atom. The molecule has 0 aliphatic carbocycles. The van der Waals surface area contributed by atoms with E-state index in [1.807, 2.05) is 0 Å². The number of carbonyl (C=O) groups is 2. The molecular formula is C18H19FN2O4. The molecule has 0 spiro atoms. The van der Waals surface area contributed by atoms with E-state index >= 15 is 0 Å². The van der Waals surface area contributed by atoms with E-state index in [0.717, 1.165) is 10.1 Å². The van der Waals surface area contributed by atoms with Crippen molar-refractivity contribution < 1.29 is 19.1 Å². The zero-order valence-electron chi connectivity index (χ0n) is 14.0. The Hall–Kier alpha value is -2.96. The predicted octanol–water partition coefficient (Wildman–Crippen LogP) is 2.12. The van der Waals surface area contributed by atoms with Crippen molar-refractivity contribution in [1.82, 2.24) is 9.47 Å². The second kappa shape index (κ2) is 7.74. The van der Waals surface area contributed by atoms with Gasteiger partial charge in [0.25, 0.3) is 11.5 Å². The van der Waals surface area contributed by atoms with Gasteiger partial charge in [-0.1, -0.05) is 12.1 Å². The van der Waals surface area contributed by atoms with Crippen LogP contribution in [0, 0.1) is 5.82 Å². The number of aliphatic carboxylic acids is 1. The lowest BCUT2D eigenvalue weighted by Crippen LogP contribution is -2.40. The number of carboxylic acid groups (broad SMARTS) is 1. The van der Waals surface area contributed by atoms with Crippen LogP contribution in [0.1, 0.15) is 29.8 Å². The summed E-state index contributed by atoms with van der Waals surface area (Å²) in [5.41, 5.74) is -0.0236. The van der Waals surface area contributed by atoms with Crippen molar-refractivity contribution in [2.24, 2.45) is 0 Å². The Morgan fingerprint density at radius 2 is 1.84 bits per heavy atom. The van der Waals surface area contributed by atoms with Gasteiger partial charge in [-0.2, -0.15) is 0 Å². The lowest BCUT2D eigenvalue weighted by Gasteiger charge is -2.27. The van der Waals surface area contributed by atoms with Gasteiger partial charge in [0.15, 0.2) is 0 Å². The molecular weight excluding hydrogens is 327 g/mol. The van der Waals surface area contributed by atoms with Crippen molar-refractivity contribution >= 4 is 11.9 Å². The number of aromatic nitrogens is 1. The predicted molar refractivity (Wildman–Crippen MR) is 89.7 cm³/mol. The molecule has 0 aliphatic heterocycles. The molecule has 7 heteroatoms. The van der Waals surface area contributed by atoms with Crippen LogP contribution in [0.5, 0.6) is 0 Å². The van der Waals surface area contributed by atoms with Crippen LogP contribution in [0.15, 0.2) is 47.4 Å². The van der Waals surface area contributed by atoms with E-state index < -0.39 is 24.0 Å². The van der Waals surface area contributed by atoms with Crippen molar-refractivity contribution in [3.8, 4) is 0 Å². The Kier molecular flexibility index (Phi) is 5.69. The van der Waals surface area contributed by atoms with Crippen molar-refractivity contribution in [3.63, 3.8) is 0 Å². The van der Waals surface area contributed by atoms with Gasteiger partial charge in [0.1, 0.15) is 17.9 Å². The minimum Gasteiger partial charge on any atom is -0.480 e. The molecule has 2 aromatic rings. The molecule has 0 atom stereocenters. The van der Waals surface area contributed by atoms with Crippen LogP contribution < -0.4 is 5.56 Å². The molecule has 0 unspecified atom stereocenters. The van der Waals surface area contributed by atoms with E-state index in [1.165, 1.54) is 35.4 Å². The molecule has 1 N–H and O–H groups in total. The molecule has 0 saturated heterocycles. The number of rotatable bonds is 6. The summed E-state index contributed by atoms with van der Waals surface area (Å²) in [5.74, 6) is -2.03. The van der Waals surface area contributed by atoms with Gasteiger partial charge in [0.2, 0.25) is 0 Å². The summed E-state index contributed by atoms with van der Waals surface area (Å²) >= 11 is 0. The molecule has 25 heavy (non-hydrogen) atoms. The van der Waals surface area contributed by atoms with Crippen LogP contribution in [0.25, 0.3) is 0 Å². The van der Waals surface area contributed by atoms with Gasteiger partial charge in [0, 0.05) is 18.8 Å². The highest BCUT2D eigenvalue weighted by Gasteiger charge is 2.22. The van der Waals surface area contributed by atoms with Gasteiger partial charge in [-0.3, -0.25) is 14.4 Å². The van der Waals surface area contributed by atoms with Crippen molar-refractivity contribution in [2.75, 3.05) is 0 Å². The molecule has 0 saturated carbocycles. The van der Waals surface area contributed by atoms with E-state index in [9.17, 15) is 18.8 Å². The van der Waals surface area contributed by atoms with Gasteiger partial charge in [-0.05, 0) is 43.7 Å². The van der Waals surface area contributed by atoms with Crippen LogP contribution in [-0.2, 0) is 17.9 Å². The highest BCUT2D eigenvalue weighted by molar-refractivity contribution is 5.94. The van der Waals surface area contributed by atoms with Crippen LogP contribution in [-0.4, -0.2) is 32.5 Å². The van der Waals surface area contributed by atoms with E-state index in [-0.39, 0.29) is 24.0 Å². The normalized spacial score (nSPS) is 10.7. The summed E-state index contributed by atoms with van der Waals surface area (Å²) in [4.78, 5) is 37.5. The molecule has 1 amide bonds. The molecule has 0 fully saturated rings. The number of benzene rings is 1. The second-order valence-corrected chi connectivity index (χ2v) is 5.90. The van der Waals surface area contributed by atoms with Crippen LogP contribution in [0.2, 0.25) is 0 Å². The molecule has 6 nitrogen and oxygen atoms in total. The van der Waals surface area contributed by atoms with Crippen molar-refractivity contribution in [2.45, 2.75) is 33.0 Å². The highest BCUT2D eigenvalue weighted by atomic mass is 19.1. The molecule has 2 rings (SSSR count). The van der Waals surface area contributed by atoms with Crippen LogP contribution in [0.3, 0.4) is 0 Å². The van der Waals surface area contributed by atoms with Crippen LogP contribution in [0.4, 0.5) is 4.39 Å². The van der Waals surface area contributed by atoms with Crippen LogP contribution >= 0.6 is 0 Å². The number of hydrogen-bond donors (Lipinski definition) is 1. The monoisotopic (exact) mass is 346 g/mol.